The number of amides is 1. The highest BCUT2D eigenvalue weighted by molar-refractivity contribution is 5.83. The molecule has 90 valence electrons. The molecular formula is C12H21N3O. The predicted octanol–water partition coefficient (Wildman–Crippen LogP) is 1.09. The lowest BCUT2D eigenvalue weighted by atomic mass is 10.0. The van der Waals surface area contributed by atoms with Crippen molar-refractivity contribution >= 4 is 5.91 Å². The molecule has 1 aliphatic heterocycles. The fraction of sp³-hybridized carbons (Fsp3) is 0.833. The van der Waals surface area contributed by atoms with Gasteiger partial charge in [-0.05, 0) is 12.8 Å². The average Bonchev–Trinajstić information content (AvgIpc) is 2.20. The Morgan fingerprint density at radius 2 is 2.19 bits per heavy atom. The first kappa shape index (κ1) is 13.0. The molecule has 1 amide bonds. The van der Waals surface area contributed by atoms with Crippen LogP contribution in [-0.4, -0.2) is 47.9 Å². The third-order valence-corrected chi connectivity index (χ3v) is 3.12. The SMILES string of the molecule is CC(C)CN1CC(C)N(C)C(=O)C1CC#N. The van der Waals surface area contributed by atoms with Crippen LogP contribution in [0.5, 0.6) is 0 Å². The van der Waals surface area contributed by atoms with Crippen LogP contribution in [0.1, 0.15) is 27.2 Å². The molecule has 0 aromatic heterocycles. The summed E-state index contributed by atoms with van der Waals surface area (Å²) in [6.45, 7) is 8.07. The molecule has 1 rings (SSSR count). The summed E-state index contributed by atoms with van der Waals surface area (Å²) in [5.74, 6) is 0.602. The van der Waals surface area contributed by atoms with Gasteiger partial charge in [-0.15, -0.1) is 0 Å². The first-order valence-corrected chi connectivity index (χ1v) is 5.85. The van der Waals surface area contributed by atoms with Crippen molar-refractivity contribution < 1.29 is 4.79 Å². The fourth-order valence-electron chi connectivity index (χ4n) is 2.17. The van der Waals surface area contributed by atoms with Gasteiger partial charge < -0.3 is 4.90 Å². The number of hydrogen-bond donors (Lipinski definition) is 0. The van der Waals surface area contributed by atoms with Crippen molar-refractivity contribution in [3.63, 3.8) is 0 Å². The van der Waals surface area contributed by atoms with Crippen LogP contribution < -0.4 is 0 Å². The third-order valence-electron chi connectivity index (χ3n) is 3.12. The van der Waals surface area contributed by atoms with Gasteiger partial charge in [0.25, 0.3) is 0 Å². The van der Waals surface area contributed by atoms with E-state index < -0.39 is 0 Å². The minimum Gasteiger partial charge on any atom is -0.340 e. The van der Waals surface area contributed by atoms with Crippen molar-refractivity contribution in [3.05, 3.63) is 0 Å². The Kier molecular flexibility index (Phi) is 4.31. The first-order valence-electron chi connectivity index (χ1n) is 5.85. The van der Waals surface area contributed by atoms with Gasteiger partial charge in [0.05, 0.1) is 12.5 Å². The van der Waals surface area contributed by atoms with Gasteiger partial charge in [-0.2, -0.15) is 5.26 Å². The predicted molar refractivity (Wildman–Crippen MR) is 62.7 cm³/mol. The topological polar surface area (TPSA) is 47.3 Å². The van der Waals surface area contributed by atoms with E-state index in [1.165, 1.54) is 0 Å². The normalized spacial score (nSPS) is 27.2. The lowest BCUT2D eigenvalue weighted by molar-refractivity contribution is -0.143. The summed E-state index contributed by atoms with van der Waals surface area (Å²) in [5.41, 5.74) is 0. The van der Waals surface area contributed by atoms with Crippen molar-refractivity contribution in [3.8, 4) is 6.07 Å². The van der Waals surface area contributed by atoms with E-state index in [2.05, 4.69) is 24.8 Å². The molecule has 0 aliphatic carbocycles. The number of hydrogen-bond acceptors (Lipinski definition) is 3. The zero-order chi connectivity index (χ0) is 12.3. The van der Waals surface area contributed by atoms with Gasteiger partial charge >= 0.3 is 0 Å². The Bertz CT molecular complexity index is 295. The van der Waals surface area contributed by atoms with Gasteiger partial charge in [0, 0.05) is 26.2 Å². The molecule has 0 aromatic carbocycles. The molecule has 1 heterocycles. The maximum atomic E-state index is 12.1. The average molecular weight is 223 g/mol. The number of rotatable bonds is 3. The Morgan fingerprint density at radius 1 is 1.56 bits per heavy atom. The largest absolute Gasteiger partial charge is 0.340 e. The first-order chi connectivity index (χ1) is 7.47. The molecule has 1 saturated heterocycles. The Labute approximate surface area is 97.8 Å². The second-order valence-electron chi connectivity index (χ2n) is 5.02. The van der Waals surface area contributed by atoms with Crippen LogP contribution in [0.2, 0.25) is 0 Å². The minimum atomic E-state index is -0.242. The van der Waals surface area contributed by atoms with Crippen LogP contribution in [0.4, 0.5) is 0 Å². The van der Waals surface area contributed by atoms with Gasteiger partial charge in [-0.3, -0.25) is 9.69 Å². The summed E-state index contributed by atoms with van der Waals surface area (Å²) in [4.78, 5) is 16.0. The lowest BCUT2D eigenvalue weighted by Crippen LogP contribution is -2.60. The Morgan fingerprint density at radius 3 is 2.69 bits per heavy atom. The van der Waals surface area contributed by atoms with Crippen molar-refractivity contribution in [1.82, 2.24) is 9.80 Å². The van der Waals surface area contributed by atoms with E-state index in [1.807, 2.05) is 14.0 Å². The second-order valence-corrected chi connectivity index (χ2v) is 5.02. The fourth-order valence-corrected chi connectivity index (χ4v) is 2.17. The quantitative estimate of drug-likeness (QED) is 0.719. The monoisotopic (exact) mass is 223 g/mol. The van der Waals surface area contributed by atoms with Crippen LogP contribution in [0.3, 0.4) is 0 Å². The van der Waals surface area contributed by atoms with E-state index >= 15 is 0 Å². The number of nitrogens with zero attached hydrogens (tertiary/aromatic N) is 3. The molecule has 4 heteroatoms. The van der Waals surface area contributed by atoms with Crippen LogP contribution in [0.15, 0.2) is 0 Å². The van der Waals surface area contributed by atoms with Gasteiger partial charge in [-0.25, -0.2) is 0 Å². The number of carbonyl (C=O) groups is 1. The summed E-state index contributed by atoms with van der Waals surface area (Å²) in [6.07, 6.45) is 0.294. The Balaban J connectivity index is 2.79. The number of likely N-dealkylation sites (N-methyl/N-ethyl adjacent to an activating group) is 1. The summed E-state index contributed by atoms with van der Waals surface area (Å²) in [5, 5.41) is 8.79. The molecule has 2 unspecified atom stereocenters. The van der Waals surface area contributed by atoms with E-state index in [0.29, 0.717) is 12.3 Å². The van der Waals surface area contributed by atoms with Gasteiger partial charge in [-0.1, -0.05) is 13.8 Å². The van der Waals surface area contributed by atoms with Gasteiger partial charge in [0.1, 0.15) is 6.04 Å². The standard InChI is InChI=1S/C12H21N3O/c1-9(2)7-15-8-10(3)14(4)12(16)11(15)5-6-13/h9-11H,5,7-8H2,1-4H3. The van der Waals surface area contributed by atoms with Gasteiger partial charge in [0.15, 0.2) is 0 Å². The number of nitriles is 1. The number of piperazine rings is 1. The molecule has 0 saturated carbocycles. The second kappa shape index (κ2) is 5.31. The van der Waals surface area contributed by atoms with E-state index in [-0.39, 0.29) is 18.0 Å². The van der Waals surface area contributed by atoms with E-state index in [9.17, 15) is 4.79 Å². The molecule has 2 atom stereocenters. The molecule has 0 aromatic rings. The highest BCUT2D eigenvalue weighted by atomic mass is 16.2. The van der Waals surface area contributed by atoms with Crippen LogP contribution in [0.25, 0.3) is 0 Å². The van der Waals surface area contributed by atoms with E-state index in [4.69, 9.17) is 5.26 Å². The molecule has 1 aliphatic rings. The minimum absolute atomic E-state index is 0.0842. The van der Waals surface area contributed by atoms with Gasteiger partial charge in [0.2, 0.25) is 5.91 Å². The molecule has 1 fully saturated rings. The summed E-state index contributed by atoms with van der Waals surface area (Å²) in [7, 11) is 1.82. The van der Waals surface area contributed by atoms with Crippen molar-refractivity contribution in [2.45, 2.75) is 39.3 Å². The molecule has 16 heavy (non-hydrogen) atoms. The number of carbonyl (C=O) groups excluding carboxylic acids is 1. The molecule has 0 bridgehead atoms. The molecular weight excluding hydrogens is 202 g/mol. The van der Waals surface area contributed by atoms with Crippen molar-refractivity contribution in [2.75, 3.05) is 20.1 Å². The zero-order valence-corrected chi connectivity index (χ0v) is 10.6. The molecule has 0 radical (unpaired) electrons. The summed E-state index contributed by atoms with van der Waals surface area (Å²) >= 11 is 0. The van der Waals surface area contributed by atoms with Crippen LogP contribution in [-0.2, 0) is 4.79 Å². The summed E-state index contributed by atoms with van der Waals surface area (Å²) in [6, 6.07) is 2.11. The van der Waals surface area contributed by atoms with Crippen LogP contribution in [0, 0.1) is 17.2 Å². The lowest BCUT2D eigenvalue weighted by Gasteiger charge is -2.43. The Hall–Kier alpha value is -1.08. The zero-order valence-electron chi connectivity index (χ0n) is 10.6. The van der Waals surface area contributed by atoms with Crippen LogP contribution >= 0.6 is 0 Å². The van der Waals surface area contributed by atoms with E-state index in [0.717, 1.165) is 13.1 Å². The smallest absolute Gasteiger partial charge is 0.241 e. The van der Waals surface area contributed by atoms with Crippen molar-refractivity contribution in [2.24, 2.45) is 5.92 Å². The van der Waals surface area contributed by atoms with E-state index in [1.54, 1.807) is 4.90 Å². The van der Waals surface area contributed by atoms with Crippen molar-refractivity contribution in [1.29, 1.82) is 5.26 Å². The highest BCUT2D eigenvalue weighted by Gasteiger charge is 2.36. The molecule has 0 N–H and O–H groups in total. The third kappa shape index (κ3) is 2.73. The maximum absolute atomic E-state index is 12.1. The summed E-state index contributed by atoms with van der Waals surface area (Å²) < 4.78 is 0. The maximum Gasteiger partial charge on any atom is 0.241 e. The molecule has 0 spiro atoms. The molecule has 4 nitrogen and oxygen atoms in total. The highest BCUT2D eigenvalue weighted by Crippen LogP contribution is 2.18.